The van der Waals surface area contributed by atoms with Crippen LogP contribution in [0.2, 0.25) is 0 Å². The number of carbonyl (C=O) groups is 2. The number of hydrogen-bond acceptors (Lipinski definition) is 6. The molecule has 1 heterocycles. The van der Waals surface area contributed by atoms with Gasteiger partial charge in [0, 0.05) is 31.3 Å². The van der Waals surface area contributed by atoms with E-state index in [9.17, 15) is 24.8 Å². The minimum Gasteiger partial charge on any atom is -0.508 e. The van der Waals surface area contributed by atoms with Crippen LogP contribution in [0.1, 0.15) is 12.5 Å². The fourth-order valence-corrected chi connectivity index (χ4v) is 2.39. The molecule has 1 fully saturated rings. The molecule has 9 heteroatoms. The van der Waals surface area contributed by atoms with Gasteiger partial charge in [-0.1, -0.05) is 0 Å². The van der Waals surface area contributed by atoms with E-state index in [2.05, 4.69) is 5.32 Å². The number of phenols is 1. The maximum Gasteiger partial charge on any atom is 0.270 e. The molecular weight excluding hydrogens is 304 g/mol. The number of amides is 2. The van der Waals surface area contributed by atoms with Crippen molar-refractivity contribution in [2.75, 3.05) is 20.3 Å². The van der Waals surface area contributed by atoms with Gasteiger partial charge in [0.25, 0.3) is 5.69 Å². The number of nitrogens with zero attached hydrogens (tertiary/aromatic N) is 3. The molecule has 2 N–H and O–H groups in total. The van der Waals surface area contributed by atoms with Gasteiger partial charge in [-0.3, -0.25) is 24.6 Å². The molecule has 0 aliphatic carbocycles. The summed E-state index contributed by atoms with van der Waals surface area (Å²) in [5.74, 6) is -0.500. The number of likely N-dealkylation sites (N-methyl/N-ethyl adjacent to an activating group) is 1. The Kier molecular flexibility index (Phi) is 4.80. The van der Waals surface area contributed by atoms with Crippen LogP contribution in [0.4, 0.5) is 5.69 Å². The Labute approximate surface area is 132 Å². The fraction of sp³-hybridized carbons (Fsp3) is 0.429. The number of aromatic hydroxyl groups is 1. The second-order valence-corrected chi connectivity index (χ2v) is 5.45. The number of phenolic OH excluding ortho intramolecular Hbond substituents is 1. The van der Waals surface area contributed by atoms with Gasteiger partial charge in [0.1, 0.15) is 5.75 Å². The van der Waals surface area contributed by atoms with E-state index in [4.69, 9.17) is 0 Å². The molecule has 0 aromatic heterocycles. The lowest BCUT2D eigenvalue weighted by atomic mass is 10.1. The predicted octanol–water partition coefficient (Wildman–Crippen LogP) is 0.0366. The number of nitro benzene ring substituents is 1. The van der Waals surface area contributed by atoms with Gasteiger partial charge in [0.05, 0.1) is 24.2 Å². The van der Waals surface area contributed by atoms with Crippen molar-refractivity contribution in [3.05, 3.63) is 33.9 Å². The lowest BCUT2D eigenvalue weighted by Gasteiger charge is -2.17. The Morgan fingerprint density at radius 1 is 1.52 bits per heavy atom. The summed E-state index contributed by atoms with van der Waals surface area (Å²) in [6, 6.07) is 3.26. The standard InChI is InChI=1S/C14H18N4O5/c1-9-14(21)16(2)8-17(9)7-13(20)15-6-10-5-11(18(22)23)3-4-12(10)19/h3-5,9,19H,6-8H2,1-2H3,(H,15,20). The van der Waals surface area contributed by atoms with Crippen LogP contribution >= 0.6 is 0 Å². The molecule has 1 aliphatic rings. The molecule has 124 valence electrons. The minimum atomic E-state index is -0.571. The summed E-state index contributed by atoms with van der Waals surface area (Å²) in [4.78, 5) is 37.0. The zero-order valence-corrected chi connectivity index (χ0v) is 12.9. The highest BCUT2D eigenvalue weighted by molar-refractivity contribution is 5.85. The van der Waals surface area contributed by atoms with E-state index >= 15 is 0 Å². The first kappa shape index (κ1) is 16.7. The summed E-state index contributed by atoms with van der Waals surface area (Å²) < 4.78 is 0. The van der Waals surface area contributed by atoms with Gasteiger partial charge in [0.2, 0.25) is 11.8 Å². The Hall–Kier alpha value is -2.68. The van der Waals surface area contributed by atoms with Gasteiger partial charge in [0.15, 0.2) is 0 Å². The molecule has 1 atom stereocenters. The summed E-state index contributed by atoms with van der Waals surface area (Å²) >= 11 is 0. The number of nitro groups is 1. The molecule has 2 rings (SSSR count). The van der Waals surface area contributed by atoms with Crippen molar-refractivity contribution in [2.45, 2.75) is 19.5 Å². The first-order valence-corrected chi connectivity index (χ1v) is 7.01. The van der Waals surface area contributed by atoms with Crippen LogP contribution in [-0.2, 0) is 16.1 Å². The summed E-state index contributed by atoms with van der Waals surface area (Å²) in [6.07, 6.45) is 0. The van der Waals surface area contributed by atoms with Crippen molar-refractivity contribution < 1.29 is 19.6 Å². The average molecular weight is 322 g/mol. The van der Waals surface area contributed by atoms with E-state index in [1.807, 2.05) is 0 Å². The molecule has 0 bridgehead atoms. The number of carbonyl (C=O) groups excluding carboxylic acids is 2. The van der Waals surface area contributed by atoms with Crippen LogP contribution in [0.3, 0.4) is 0 Å². The van der Waals surface area contributed by atoms with Gasteiger partial charge < -0.3 is 15.3 Å². The highest BCUT2D eigenvalue weighted by Crippen LogP contribution is 2.22. The second kappa shape index (κ2) is 6.61. The summed E-state index contributed by atoms with van der Waals surface area (Å²) in [5, 5.41) is 23.0. The predicted molar refractivity (Wildman–Crippen MR) is 80.4 cm³/mol. The molecule has 1 aliphatic heterocycles. The largest absolute Gasteiger partial charge is 0.508 e. The highest BCUT2D eigenvalue weighted by atomic mass is 16.6. The molecule has 23 heavy (non-hydrogen) atoms. The van der Waals surface area contributed by atoms with Crippen LogP contribution in [0.15, 0.2) is 18.2 Å². The van der Waals surface area contributed by atoms with Gasteiger partial charge in [-0.25, -0.2) is 0 Å². The van der Waals surface area contributed by atoms with Gasteiger partial charge in [-0.15, -0.1) is 0 Å². The lowest BCUT2D eigenvalue weighted by molar-refractivity contribution is -0.384. The topological polar surface area (TPSA) is 116 Å². The minimum absolute atomic E-state index is 0.0294. The van der Waals surface area contributed by atoms with Crippen LogP contribution in [0.5, 0.6) is 5.75 Å². The third-order valence-electron chi connectivity index (χ3n) is 3.77. The van der Waals surface area contributed by atoms with E-state index in [0.29, 0.717) is 6.67 Å². The molecule has 1 unspecified atom stereocenters. The molecule has 1 aromatic rings. The van der Waals surface area contributed by atoms with Crippen LogP contribution in [-0.4, -0.2) is 57.9 Å². The van der Waals surface area contributed by atoms with Crippen molar-refractivity contribution in [3.8, 4) is 5.75 Å². The van der Waals surface area contributed by atoms with Crippen molar-refractivity contribution >= 4 is 17.5 Å². The van der Waals surface area contributed by atoms with E-state index in [0.717, 1.165) is 0 Å². The Morgan fingerprint density at radius 3 is 2.78 bits per heavy atom. The number of nitrogens with one attached hydrogen (secondary N) is 1. The first-order valence-electron chi connectivity index (χ1n) is 7.01. The van der Waals surface area contributed by atoms with E-state index in [-0.39, 0.29) is 47.9 Å². The molecule has 2 amide bonds. The van der Waals surface area contributed by atoms with E-state index < -0.39 is 4.92 Å². The molecule has 0 radical (unpaired) electrons. The van der Waals surface area contributed by atoms with E-state index in [1.165, 1.54) is 23.1 Å². The fourth-order valence-electron chi connectivity index (χ4n) is 2.39. The van der Waals surface area contributed by atoms with E-state index in [1.54, 1.807) is 18.9 Å². The average Bonchev–Trinajstić information content (AvgIpc) is 2.73. The zero-order valence-electron chi connectivity index (χ0n) is 12.9. The van der Waals surface area contributed by atoms with Crippen molar-refractivity contribution in [2.24, 2.45) is 0 Å². The van der Waals surface area contributed by atoms with Crippen LogP contribution in [0.25, 0.3) is 0 Å². The zero-order chi connectivity index (χ0) is 17.1. The smallest absolute Gasteiger partial charge is 0.270 e. The summed E-state index contributed by atoms with van der Waals surface area (Å²) in [5.41, 5.74) is 0.0997. The number of benzene rings is 1. The summed E-state index contributed by atoms with van der Waals surface area (Å²) in [7, 11) is 1.66. The highest BCUT2D eigenvalue weighted by Gasteiger charge is 2.33. The molecule has 0 spiro atoms. The van der Waals surface area contributed by atoms with Gasteiger partial charge in [-0.2, -0.15) is 0 Å². The first-order chi connectivity index (χ1) is 10.8. The number of non-ortho nitro benzene ring substituents is 1. The third kappa shape index (κ3) is 3.75. The summed E-state index contributed by atoms with van der Waals surface area (Å²) in [6.45, 7) is 2.10. The number of rotatable bonds is 5. The molecule has 0 saturated carbocycles. The Bertz CT molecular complexity index is 648. The maximum atomic E-state index is 12.0. The quantitative estimate of drug-likeness (QED) is 0.584. The van der Waals surface area contributed by atoms with Gasteiger partial charge >= 0.3 is 0 Å². The normalized spacial score (nSPS) is 18.3. The molecule has 1 aromatic carbocycles. The molecular formula is C14H18N4O5. The second-order valence-electron chi connectivity index (χ2n) is 5.45. The Morgan fingerprint density at radius 2 is 2.22 bits per heavy atom. The third-order valence-corrected chi connectivity index (χ3v) is 3.77. The van der Waals surface area contributed by atoms with Gasteiger partial charge in [-0.05, 0) is 13.0 Å². The SMILES string of the molecule is CC1C(=O)N(C)CN1CC(=O)NCc1cc([N+](=O)[O-])ccc1O. The van der Waals surface area contributed by atoms with Crippen molar-refractivity contribution in [1.29, 1.82) is 0 Å². The van der Waals surface area contributed by atoms with Crippen LogP contribution < -0.4 is 5.32 Å². The number of hydrogen-bond donors (Lipinski definition) is 2. The van der Waals surface area contributed by atoms with Crippen molar-refractivity contribution in [3.63, 3.8) is 0 Å². The Balaban J connectivity index is 1.93. The maximum absolute atomic E-state index is 12.0. The van der Waals surface area contributed by atoms with Crippen molar-refractivity contribution in [1.82, 2.24) is 15.1 Å². The van der Waals surface area contributed by atoms with Crippen LogP contribution in [0, 0.1) is 10.1 Å². The molecule has 1 saturated heterocycles. The molecule has 9 nitrogen and oxygen atoms in total. The lowest BCUT2D eigenvalue weighted by Crippen LogP contribution is -2.39. The monoisotopic (exact) mass is 322 g/mol.